The molecule has 0 spiro atoms. The van der Waals surface area contributed by atoms with Gasteiger partial charge in [0.2, 0.25) is 0 Å². The molecule has 8 heteroatoms. The van der Waals surface area contributed by atoms with E-state index in [1.54, 1.807) is 48.8 Å². The van der Waals surface area contributed by atoms with E-state index >= 15 is 0 Å². The molecule has 2 aromatic heterocycles. The van der Waals surface area contributed by atoms with E-state index in [0.29, 0.717) is 22.4 Å². The number of rotatable bonds is 4. The lowest BCUT2D eigenvalue weighted by atomic mass is 10.2. The van der Waals surface area contributed by atoms with E-state index < -0.39 is 4.92 Å². The number of nitro benzene ring substituents is 1. The topological polar surface area (TPSA) is 90.9 Å². The van der Waals surface area contributed by atoms with Gasteiger partial charge in [0.25, 0.3) is 11.2 Å². The van der Waals surface area contributed by atoms with Crippen molar-refractivity contribution in [3.63, 3.8) is 0 Å². The molecule has 2 aromatic carbocycles. The monoisotopic (exact) mass is 496 g/mol. The second-order valence-corrected chi connectivity index (χ2v) is 7.41. The van der Waals surface area contributed by atoms with Gasteiger partial charge in [-0.2, -0.15) is 0 Å². The summed E-state index contributed by atoms with van der Waals surface area (Å²) in [5, 5.41) is 11.6. The van der Waals surface area contributed by atoms with Gasteiger partial charge in [0.15, 0.2) is 0 Å². The Hall–Kier alpha value is -3.40. The summed E-state index contributed by atoms with van der Waals surface area (Å²) < 4.78 is 2.29. The minimum absolute atomic E-state index is 0.0978. The van der Waals surface area contributed by atoms with E-state index in [0.717, 1.165) is 9.13 Å². The van der Waals surface area contributed by atoms with Crippen LogP contribution in [0.3, 0.4) is 0 Å². The molecule has 142 valence electrons. The SMILES string of the molecule is O=c1c2cc(I)ccc2nc(/C=C/c2cccnc2)n1-c1cccc([N+](=O)[O-])c1. The van der Waals surface area contributed by atoms with Crippen LogP contribution in [-0.2, 0) is 0 Å². The average molecular weight is 496 g/mol. The van der Waals surface area contributed by atoms with Crippen molar-refractivity contribution in [2.24, 2.45) is 0 Å². The summed E-state index contributed by atoms with van der Waals surface area (Å²) in [7, 11) is 0. The summed E-state index contributed by atoms with van der Waals surface area (Å²) in [5.74, 6) is 0.369. The Kier molecular flexibility index (Phi) is 5.17. The van der Waals surface area contributed by atoms with Crippen molar-refractivity contribution in [1.82, 2.24) is 14.5 Å². The van der Waals surface area contributed by atoms with Crippen LogP contribution < -0.4 is 5.56 Å². The number of halogens is 1. The molecule has 0 aliphatic heterocycles. The van der Waals surface area contributed by atoms with E-state index in [2.05, 4.69) is 32.6 Å². The van der Waals surface area contributed by atoms with Crippen LogP contribution in [0, 0.1) is 13.7 Å². The van der Waals surface area contributed by atoms with E-state index in [9.17, 15) is 14.9 Å². The average Bonchev–Trinajstić information content (AvgIpc) is 2.73. The van der Waals surface area contributed by atoms with Gasteiger partial charge in [-0.1, -0.05) is 12.1 Å². The molecular formula is C21H13IN4O3. The van der Waals surface area contributed by atoms with E-state index in [1.165, 1.54) is 16.7 Å². The molecule has 0 aliphatic rings. The predicted molar refractivity (Wildman–Crippen MR) is 120 cm³/mol. The van der Waals surface area contributed by atoms with Crippen LogP contribution >= 0.6 is 22.6 Å². The molecule has 4 aromatic rings. The Morgan fingerprint density at radius 3 is 2.69 bits per heavy atom. The van der Waals surface area contributed by atoms with Gasteiger partial charge in [-0.25, -0.2) is 4.98 Å². The highest BCUT2D eigenvalue weighted by Gasteiger charge is 2.14. The van der Waals surface area contributed by atoms with Gasteiger partial charge < -0.3 is 0 Å². The normalized spacial score (nSPS) is 11.2. The van der Waals surface area contributed by atoms with Crippen molar-refractivity contribution in [1.29, 1.82) is 0 Å². The highest BCUT2D eigenvalue weighted by Crippen LogP contribution is 2.20. The van der Waals surface area contributed by atoms with Crippen LogP contribution in [0.2, 0.25) is 0 Å². The maximum Gasteiger partial charge on any atom is 0.271 e. The number of pyridine rings is 1. The Balaban J connectivity index is 1.98. The molecule has 2 heterocycles. The number of hydrogen-bond donors (Lipinski definition) is 0. The zero-order valence-corrected chi connectivity index (χ0v) is 17.1. The number of nitrogens with zero attached hydrogens (tertiary/aromatic N) is 4. The summed E-state index contributed by atoms with van der Waals surface area (Å²) in [6.07, 6.45) is 6.86. The minimum atomic E-state index is -0.489. The lowest BCUT2D eigenvalue weighted by Gasteiger charge is -2.11. The Morgan fingerprint density at radius 2 is 1.93 bits per heavy atom. The molecule has 29 heavy (non-hydrogen) atoms. The van der Waals surface area contributed by atoms with Gasteiger partial charge in [0.05, 0.1) is 21.5 Å². The second-order valence-electron chi connectivity index (χ2n) is 6.17. The first-order valence-corrected chi connectivity index (χ1v) is 9.66. The quantitative estimate of drug-likeness (QED) is 0.236. The molecule has 4 rings (SSSR count). The lowest BCUT2D eigenvalue weighted by molar-refractivity contribution is -0.384. The van der Waals surface area contributed by atoms with E-state index in [-0.39, 0.29) is 11.2 Å². The number of fused-ring (bicyclic) bond motifs is 1. The fourth-order valence-corrected chi connectivity index (χ4v) is 3.42. The van der Waals surface area contributed by atoms with Crippen molar-refractivity contribution in [3.05, 3.63) is 102 Å². The molecule has 0 atom stereocenters. The maximum atomic E-state index is 13.3. The molecule has 0 N–H and O–H groups in total. The fourth-order valence-electron chi connectivity index (χ4n) is 2.93. The van der Waals surface area contributed by atoms with Crippen molar-refractivity contribution in [3.8, 4) is 5.69 Å². The highest BCUT2D eigenvalue weighted by molar-refractivity contribution is 14.1. The van der Waals surface area contributed by atoms with Crippen LogP contribution in [0.25, 0.3) is 28.7 Å². The number of nitro groups is 1. The summed E-state index contributed by atoms with van der Waals surface area (Å²) in [6.45, 7) is 0. The Morgan fingerprint density at radius 1 is 1.07 bits per heavy atom. The van der Waals surface area contributed by atoms with Crippen molar-refractivity contribution < 1.29 is 4.92 Å². The summed E-state index contributed by atoms with van der Waals surface area (Å²) in [4.78, 5) is 32.7. The molecule has 7 nitrogen and oxygen atoms in total. The molecule has 0 bridgehead atoms. The number of benzene rings is 2. The van der Waals surface area contributed by atoms with Gasteiger partial charge in [-0.3, -0.25) is 24.5 Å². The molecule has 0 amide bonds. The maximum absolute atomic E-state index is 13.3. The summed E-state index contributed by atoms with van der Waals surface area (Å²) >= 11 is 2.13. The first kappa shape index (κ1) is 18.9. The van der Waals surface area contributed by atoms with Crippen LogP contribution in [-0.4, -0.2) is 19.5 Å². The Labute approximate surface area is 178 Å². The first-order chi connectivity index (χ1) is 14.0. The zero-order valence-electron chi connectivity index (χ0n) is 14.9. The van der Waals surface area contributed by atoms with Crippen LogP contribution in [0.1, 0.15) is 11.4 Å². The van der Waals surface area contributed by atoms with Crippen LogP contribution in [0.15, 0.2) is 71.8 Å². The van der Waals surface area contributed by atoms with Gasteiger partial charge in [-0.15, -0.1) is 0 Å². The lowest BCUT2D eigenvalue weighted by Crippen LogP contribution is -2.22. The molecule has 0 radical (unpaired) electrons. The van der Waals surface area contributed by atoms with Gasteiger partial charge >= 0.3 is 0 Å². The van der Waals surface area contributed by atoms with Gasteiger partial charge in [-0.05, 0) is 70.6 Å². The molecule has 0 aliphatic carbocycles. The number of aromatic nitrogens is 3. The number of non-ortho nitro benzene ring substituents is 1. The molecular weight excluding hydrogens is 483 g/mol. The molecule has 0 fully saturated rings. The fraction of sp³-hybridized carbons (Fsp3) is 0. The highest BCUT2D eigenvalue weighted by atomic mass is 127. The smallest absolute Gasteiger partial charge is 0.268 e. The second kappa shape index (κ2) is 7.92. The molecule has 0 unspecified atom stereocenters. The summed E-state index contributed by atoms with van der Waals surface area (Å²) in [6, 6.07) is 15.1. The predicted octanol–water partition coefficient (Wildman–Crippen LogP) is 4.46. The third-order valence-corrected chi connectivity index (χ3v) is 4.94. The zero-order chi connectivity index (χ0) is 20.4. The minimum Gasteiger partial charge on any atom is -0.268 e. The Bertz CT molecular complexity index is 1320. The van der Waals surface area contributed by atoms with Gasteiger partial charge in [0, 0.05) is 28.1 Å². The third-order valence-electron chi connectivity index (χ3n) is 4.26. The van der Waals surface area contributed by atoms with Crippen molar-refractivity contribution in [2.45, 2.75) is 0 Å². The third kappa shape index (κ3) is 3.92. The largest absolute Gasteiger partial charge is 0.271 e. The summed E-state index contributed by atoms with van der Waals surface area (Å²) in [5.41, 5.74) is 1.39. The van der Waals surface area contributed by atoms with E-state index in [1.807, 2.05) is 18.2 Å². The standard InChI is InChI=1S/C21H13IN4O3/c22-15-7-8-19-18(11-15)21(27)25(16-4-1-5-17(12-16)26(28)29)20(24-19)9-6-14-3-2-10-23-13-14/h1-13H/b9-6+. The molecule has 0 saturated carbocycles. The molecule has 0 saturated heterocycles. The van der Waals surface area contributed by atoms with E-state index in [4.69, 9.17) is 0 Å². The van der Waals surface area contributed by atoms with Crippen LogP contribution in [0.5, 0.6) is 0 Å². The van der Waals surface area contributed by atoms with Gasteiger partial charge in [0.1, 0.15) is 5.82 Å². The van der Waals surface area contributed by atoms with Crippen molar-refractivity contribution in [2.75, 3.05) is 0 Å². The first-order valence-electron chi connectivity index (χ1n) is 8.58. The number of hydrogen-bond acceptors (Lipinski definition) is 5. The van der Waals surface area contributed by atoms with Crippen molar-refractivity contribution >= 4 is 51.3 Å². The van der Waals surface area contributed by atoms with Crippen LogP contribution in [0.4, 0.5) is 5.69 Å².